The molecule has 2 nitrogen and oxygen atoms in total. The molecule has 0 aromatic carbocycles. The molecule has 0 aliphatic heterocycles. The zero-order chi connectivity index (χ0) is 7.28. The summed E-state index contributed by atoms with van der Waals surface area (Å²) in [5.41, 5.74) is 0.926. The van der Waals surface area contributed by atoms with Crippen LogP contribution < -0.4 is 0 Å². The van der Waals surface area contributed by atoms with Gasteiger partial charge >= 0.3 is 5.97 Å². The van der Waals surface area contributed by atoms with Crippen molar-refractivity contribution in [3.05, 3.63) is 11.6 Å². The van der Waals surface area contributed by atoms with Crippen LogP contribution in [0.2, 0.25) is 0 Å². The minimum atomic E-state index is -0.995. The zero-order valence-electron chi connectivity index (χ0n) is 5.81. The summed E-state index contributed by atoms with van der Waals surface area (Å²) in [6, 6.07) is 0. The summed E-state index contributed by atoms with van der Waals surface area (Å²) >= 11 is 0. The molecule has 0 spiro atoms. The second kappa shape index (κ2) is 4.13. The first kappa shape index (κ1) is 8.21. The lowest BCUT2D eigenvalue weighted by Crippen LogP contribution is -1.93. The molecule has 0 atom stereocenters. The van der Waals surface area contributed by atoms with Gasteiger partial charge in [0.1, 0.15) is 0 Å². The number of hydrogen-bond donors (Lipinski definition) is 0. The largest absolute Gasteiger partial charge is 0.359 e. The monoisotopic (exact) mass is 127 g/mol. The maximum absolute atomic E-state index is 9.98. The number of rotatable bonds is 3. The summed E-state index contributed by atoms with van der Waals surface area (Å²) in [5.74, 6) is -0.995. The van der Waals surface area contributed by atoms with E-state index in [1.165, 1.54) is 0 Å². The molecule has 0 aromatic rings. The predicted octanol–water partition coefficient (Wildman–Crippen LogP) is 1.69. The molecule has 0 bridgehead atoms. The second-order valence-corrected chi connectivity index (χ2v) is 1.85. The first-order valence-corrected chi connectivity index (χ1v) is 3.04. The van der Waals surface area contributed by atoms with Gasteiger partial charge in [-0.3, -0.25) is 0 Å². The minimum absolute atomic E-state index is 0.0764. The van der Waals surface area contributed by atoms with Crippen molar-refractivity contribution in [1.29, 1.82) is 0 Å². The fourth-order valence-corrected chi connectivity index (χ4v) is 0.617. The normalized spacial score (nSPS) is 11.6. The Morgan fingerprint density at radius 1 is 1.56 bits per heavy atom. The predicted molar refractivity (Wildman–Crippen MR) is 34.4 cm³/mol. The van der Waals surface area contributed by atoms with Crippen LogP contribution in [-0.4, -0.2) is 5.97 Å². The Kier molecular flexibility index (Phi) is 3.76. The quantitative estimate of drug-likeness (QED) is 0.531. The fourth-order valence-electron chi connectivity index (χ4n) is 0.617. The van der Waals surface area contributed by atoms with Crippen LogP contribution in [0.1, 0.15) is 26.7 Å². The highest BCUT2D eigenvalue weighted by molar-refractivity contribution is 5.69. The van der Waals surface area contributed by atoms with Gasteiger partial charge in [0.05, 0.1) is 6.42 Å². The summed E-state index contributed by atoms with van der Waals surface area (Å²) < 4.78 is 0. The van der Waals surface area contributed by atoms with Crippen molar-refractivity contribution in [2.24, 2.45) is 0 Å². The average molecular weight is 127 g/mol. The van der Waals surface area contributed by atoms with Crippen LogP contribution in [0.15, 0.2) is 11.6 Å². The molecule has 1 radical (unpaired) electrons. The highest BCUT2D eigenvalue weighted by Gasteiger charge is 2.00. The zero-order valence-corrected chi connectivity index (χ0v) is 5.81. The number of hydrogen-bond acceptors (Lipinski definition) is 1. The Balaban J connectivity index is 3.71. The lowest BCUT2D eigenvalue weighted by atomic mass is 10.1. The van der Waals surface area contributed by atoms with Crippen LogP contribution in [0.4, 0.5) is 0 Å². The Bertz CT molecular complexity index is 125. The fraction of sp³-hybridized carbons (Fsp3) is 0.571. The van der Waals surface area contributed by atoms with Gasteiger partial charge < -0.3 is 0 Å². The molecule has 0 aliphatic rings. The molecular formula is C7H11O2. The first-order valence-electron chi connectivity index (χ1n) is 3.04. The topological polar surface area (TPSA) is 37.0 Å². The summed E-state index contributed by atoms with van der Waals surface area (Å²) in [6.45, 7) is 3.76. The van der Waals surface area contributed by atoms with E-state index in [0.29, 0.717) is 0 Å². The van der Waals surface area contributed by atoms with Crippen LogP contribution in [0, 0.1) is 0 Å². The van der Waals surface area contributed by atoms with Gasteiger partial charge in [-0.05, 0) is 13.3 Å². The third-order valence-electron chi connectivity index (χ3n) is 1.23. The SMILES string of the molecule is CC=C(CC)CC([O])=O. The van der Waals surface area contributed by atoms with E-state index in [1.54, 1.807) is 0 Å². The first-order chi connectivity index (χ1) is 4.20. The third kappa shape index (κ3) is 3.76. The van der Waals surface area contributed by atoms with Gasteiger partial charge in [0, 0.05) is 0 Å². The standard InChI is InChI=1S/C7H11O2/c1-3-6(4-2)5-7(8)9/h3H,4-5H2,1-2H3. The lowest BCUT2D eigenvalue weighted by Gasteiger charge is -1.94. The maximum atomic E-state index is 9.98. The molecule has 0 aromatic heterocycles. The van der Waals surface area contributed by atoms with E-state index in [1.807, 2.05) is 19.9 Å². The van der Waals surface area contributed by atoms with Crippen molar-refractivity contribution < 1.29 is 9.90 Å². The summed E-state index contributed by atoms with van der Waals surface area (Å²) in [7, 11) is 0. The lowest BCUT2D eigenvalue weighted by molar-refractivity contribution is -0.142. The maximum Gasteiger partial charge on any atom is 0.359 e. The molecule has 0 unspecified atom stereocenters. The Hall–Kier alpha value is -0.790. The van der Waals surface area contributed by atoms with Gasteiger partial charge in [-0.1, -0.05) is 18.6 Å². The molecule has 0 rings (SSSR count). The van der Waals surface area contributed by atoms with Crippen molar-refractivity contribution in [2.75, 3.05) is 0 Å². The van der Waals surface area contributed by atoms with Crippen LogP contribution in [0.3, 0.4) is 0 Å². The van der Waals surface area contributed by atoms with E-state index in [-0.39, 0.29) is 6.42 Å². The molecule has 0 aliphatic carbocycles. The van der Waals surface area contributed by atoms with Crippen molar-refractivity contribution in [3.8, 4) is 0 Å². The molecule has 0 amide bonds. The minimum Gasteiger partial charge on any atom is -0.247 e. The van der Waals surface area contributed by atoms with Crippen LogP contribution >= 0.6 is 0 Å². The number of carbonyl (C=O) groups is 1. The van der Waals surface area contributed by atoms with Gasteiger partial charge in [-0.25, -0.2) is 9.90 Å². The van der Waals surface area contributed by atoms with Gasteiger partial charge in [0.15, 0.2) is 0 Å². The van der Waals surface area contributed by atoms with Crippen LogP contribution in [0.25, 0.3) is 0 Å². The van der Waals surface area contributed by atoms with Gasteiger partial charge in [0.2, 0.25) is 0 Å². The van der Waals surface area contributed by atoms with E-state index in [4.69, 9.17) is 0 Å². The van der Waals surface area contributed by atoms with Crippen LogP contribution in [0.5, 0.6) is 0 Å². The molecule has 9 heavy (non-hydrogen) atoms. The Labute approximate surface area is 55.2 Å². The van der Waals surface area contributed by atoms with Gasteiger partial charge in [-0.2, -0.15) is 0 Å². The van der Waals surface area contributed by atoms with Crippen molar-refractivity contribution in [1.82, 2.24) is 0 Å². The van der Waals surface area contributed by atoms with Gasteiger partial charge in [0.25, 0.3) is 0 Å². The molecule has 0 saturated heterocycles. The molecule has 0 saturated carbocycles. The van der Waals surface area contributed by atoms with Crippen LogP contribution in [-0.2, 0) is 9.90 Å². The van der Waals surface area contributed by atoms with Crippen molar-refractivity contribution in [3.63, 3.8) is 0 Å². The van der Waals surface area contributed by atoms with E-state index in [2.05, 4.69) is 0 Å². The van der Waals surface area contributed by atoms with E-state index in [9.17, 15) is 9.90 Å². The molecule has 51 valence electrons. The highest BCUT2D eigenvalue weighted by Crippen LogP contribution is 2.04. The molecule has 0 heterocycles. The Morgan fingerprint density at radius 2 is 2.11 bits per heavy atom. The summed E-state index contributed by atoms with van der Waals surface area (Å²) in [6.07, 6.45) is 2.69. The van der Waals surface area contributed by atoms with Crippen molar-refractivity contribution in [2.45, 2.75) is 26.7 Å². The van der Waals surface area contributed by atoms with E-state index in [0.717, 1.165) is 12.0 Å². The summed E-state index contributed by atoms with van der Waals surface area (Å²) in [5, 5.41) is 9.98. The van der Waals surface area contributed by atoms with Crippen molar-refractivity contribution >= 4 is 5.97 Å². The van der Waals surface area contributed by atoms with E-state index < -0.39 is 5.97 Å². The molecular weight excluding hydrogens is 116 g/mol. The molecule has 0 N–H and O–H groups in total. The smallest absolute Gasteiger partial charge is 0.247 e. The van der Waals surface area contributed by atoms with E-state index >= 15 is 0 Å². The third-order valence-corrected chi connectivity index (χ3v) is 1.23. The average Bonchev–Trinajstić information content (AvgIpc) is 1.82. The highest BCUT2D eigenvalue weighted by atomic mass is 16.4. The Morgan fingerprint density at radius 3 is 2.22 bits per heavy atom. The second-order valence-electron chi connectivity index (χ2n) is 1.85. The summed E-state index contributed by atoms with van der Waals surface area (Å²) in [4.78, 5) is 9.98. The number of allylic oxidation sites excluding steroid dienone is 1. The van der Waals surface area contributed by atoms with Gasteiger partial charge in [-0.15, -0.1) is 0 Å². The number of carbonyl (C=O) groups excluding carboxylic acids is 1. The molecule has 0 fully saturated rings. The molecule has 2 heteroatoms.